The number of nitrogens with zero attached hydrogens (tertiary/aromatic N) is 1. The van der Waals surface area contributed by atoms with Gasteiger partial charge in [0.15, 0.2) is 0 Å². The molecule has 1 unspecified atom stereocenters. The molecule has 18 heavy (non-hydrogen) atoms. The third kappa shape index (κ3) is 2.18. The van der Waals surface area contributed by atoms with Gasteiger partial charge < -0.3 is 14.4 Å². The van der Waals surface area contributed by atoms with Crippen molar-refractivity contribution in [1.82, 2.24) is 4.57 Å². The van der Waals surface area contributed by atoms with Crippen molar-refractivity contribution in [3.63, 3.8) is 0 Å². The molecule has 1 atom stereocenters. The van der Waals surface area contributed by atoms with Crippen molar-refractivity contribution in [3.8, 4) is 5.75 Å². The second kappa shape index (κ2) is 4.72. The highest BCUT2D eigenvalue weighted by Crippen LogP contribution is 2.31. The molecule has 0 saturated heterocycles. The lowest BCUT2D eigenvalue weighted by Crippen LogP contribution is -2.02. The fourth-order valence-electron chi connectivity index (χ4n) is 2.29. The Morgan fingerprint density at radius 1 is 1.50 bits per heavy atom. The monoisotopic (exact) mass is 247 g/mol. The second-order valence-electron chi connectivity index (χ2n) is 4.58. The summed E-state index contributed by atoms with van der Waals surface area (Å²) in [7, 11) is 3.59. The molecule has 0 aliphatic rings. The van der Waals surface area contributed by atoms with E-state index in [1.165, 1.54) is 0 Å². The number of carbonyl (C=O) groups is 1. The Labute approximate surface area is 106 Å². The summed E-state index contributed by atoms with van der Waals surface area (Å²) in [6.07, 6.45) is 2.14. The Hall–Kier alpha value is -1.97. The van der Waals surface area contributed by atoms with Gasteiger partial charge in [-0.05, 0) is 23.6 Å². The van der Waals surface area contributed by atoms with Crippen LogP contribution >= 0.6 is 0 Å². The standard InChI is InChI=1S/C14H17NO3/c1-9(6-14(16)17)12-8-15(2)13-7-10(18-3)4-5-11(12)13/h4-5,7-9H,6H2,1-3H3,(H,16,17). The number of carboxylic acids is 1. The number of hydrogen-bond acceptors (Lipinski definition) is 2. The van der Waals surface area contributed by atoms with Gasteiger partial charge >= 0.3 is 5.97 Å². The van der Waals surface area contributed by atoms with Gasteiger partial charge in [-0.15, -0.1) is 0 Å². The zero-order valence-electron chi connectivity index (χ0n) is 10.8. The number of benzene rings is 1. The number of methoxy groups -OCH3 is 1. The van der Waals surface area contributed by atoms with Crippen LogP contribution in [-0.4, -0.2) is 22.8 Å². The van der Waals surface area contributed by atoms with Crippen LogP contribution in [0.15, 0.2) is 24.4 Å². The van der Waals surface area contributed by atoms with Gasteiger partial charge in [-0.1, -0.05) is 6.92 Å². The molecule has 0 bridgehead atoms. The van der Waals surface area contributed by atoms with Crippen LogP contribution < -0.4 is 4.74 Å². The van der Waals surface area contributed by atoms with Crippen LogP contribution in [0.1, 0.15) is 24.8 Å². The van der Waals surface area contributed by atoms with E-state index in [1.807, 2.05) is 42.9 Å². The maximum Gasteiger partial charge on any atom is 0.303 e. The highest BCUT2D eigenvalue weighted by Gasteiger charge is 2.16. The van der Waals surface area contributed by atoms with Crippen LogP contribution in [0.5, 0.6) is 5.75 Å². The molecular weight excluding hydrogens is 230 g/mol. The summed E-state index contributed by atoms with van der Waals surface area (Å²) in [6.45, 7) is 1.94. The Morgan fingerprint density at radius 2 is 2.22 bits per heavy atom. The maximum absolute atomic E-state index is 10.8. The van der Waals surface area contributed by atoms with Crippen molar-refractivity contribution in [2.75, 3.05) is 7.11 Å². The molecule has 0 fully saturated rings. The van der Waals surface area contributed by atoms with Crippen molar-refractivity contribution in [3.05, 3.63) is 30.0 Å². The smallest absolute Gasteiger partial charge is 0.303 e. The van der Waals surface area contributed by atoms with E-state index in [0.717, 1.165) is 22.2 Å². The summed E-state index contributed by atoms with van der Waals surface area (Å²) >= 11 is 0. The number of rotatable bonds is 4. The van der Waals surface area contributed by atoms with Crippen molar-refractivity contribution in [2.45, 2.75) is 19.3 Å². The Bertz CT molecular complexity index is 586. The molecule has 0 saturated carbocycles. The van der Waals surface area contributed by atoms with Gasteiger partial charge in [0, 0.05) is 24.7 Å². The molecule has 1 N–H and O–H groups in total. The number of fused-ring (bicyclic) bond motifs is 1. The molecule has 1 aromatic heterocycles. The largest absolute Gasteiger partial charge is 0.497 e. The average Bonchev–Trinajstić information content (AvgIpc) is 2.65. The van der Waals surface area contributed by atoms with Gasteiger partial charge in [-0.2, -0.15) is 0 Å². The van der Waals surface area contributed by atoms with Crippen molar-refractivity contribution in [1.29, 1.82) is 0 Å². The van der Waals surface area contributed by atoms with Crippen LogP contribution in [0, 0.1) is 0 Å². The van der Waals surface area contributed by atoms with Gasteiger partial charge in [-0.25, -0.2) is 0 Å². The average molecular weight is 247 g/mol. The Balaban J connectivity index is 2.49. The van der Waals surface area contributed by atoms with E-state index < -0.39 is 5.97 Å². The zero-order chi connectivity index (χ0) is 13.3. The molecular formula is C14H17NO3. The van der Waals surface area contributed by atoms with Crippen molar-refractivity contribution in [2.24, 2.45) is 7.05 Å². The fraction of sp³-hybridized carbons (Fsp3) is 0.357. The van der Waals surface area contributed by atoms with E-state index in [0.29, 0.717) is 0 Å². The fourth-order valence-corrected chi connectivity index (χ4v) is 2.29. The zero-order valence-corrected chi connectivity index (χ0v) is 10.8. The van der Waals surface area contributed by atoms with Crippen LogP contribution in [-0.2, 0) is 11.8 Å². The lowest BCUT2D eigenvalue weighted by atomic mass is 9.97. The molecule has 0 aliphatic heterocycles. The summed E-state index contributed by atoms with van der Waals surface area (Å²) < 4.78 is 7.21. The highest BCUT2D eigenvalue weighted by atomic mass is 16.5. The molecule has 96 valence electrons. The lowest BCUT2D eigenvalue weighted by Gasteiger charge is -2.07. The molecule has 0 spiro atoms. The highest BCUT2D eigenvalue weighted by molar-refractivity contribution is 5.86. The maximum atomic E-state index is 10.8. The molecule has 0 radical (unpaired) electrons. The molecule has 0 aliphatic carbocycles. The molecule has 4 heteroatoms. The van der Waals surface area contributed by atoms with E-state index in [-0.39, 0.29) is 12.3 Å². The number of aromatic nitrogens is 1. The molecule has 2 aromatic rings. The van der Waals surface area contributed by atoms with Gasteiger partial charge in [0.25, 0.3) is 0 Å². The minimum atomic E-state index is -0.770. The summed E-state index contributed by atoms with van der Waals surface area (Å²) in [6, 6.07) is 5.85. The third-order valence-electron chi connectivity index (χ3n) is 3.24. The Kier molecular flexibility index (Phi) is 3.28. The summed E-state index contributed by atoms with van der Waals surface area (Å²) in [5, 5.41) is 9.97. The minimum absolute atomic E-state index is 0.000375. The first-order valence-electron chi connectivity index (χ1n) is 5.87. The van der Waals surface area contributed by atoms with Crippen molar-refractivity contribution < 1.29 is 14.6 Å². The first kappa shape index (κ1) is 12.5. The number of ether oxygens (including phenoxy) is 1. The quantitative estimate of drug-likeness (QED) is 0.903. The van der Waals surface area contributed by atoms with E-state index >= 15 is 0 Å². The minimum Gasteiger partial charge on any atom is -0.497 e. The lowest BCUT2D eigenvalue weighted by molar-refractivity contribution is -0.137. The van der Waals surface area contributed by atoms with Crippen LogP contribution in [0.3, 0.4) is 0 Å². The number of carboxylic acid groups (broad SMARTS) is 1. The van der Waals surface area contributed by atoms with E-state index in [2.05, 4.69) is 0 Å². The predicted octanol–water partition coefficient (Wildman–Crippen LogP) is 2.77. The first-order valence-corrected chi connectivity index (χ1v) is 5.87. The van der Waals surface area contributed by atoms with Crippen LogP contribution in [0.25, 0.3) is 10.9 Å². The van der Waals surface area contributed by atoms with E-state index in [9.17, 15) is 4.79 Å². The first-order chi connectivity index (χ1) is 8.52. The summed E-state index contributed by atoms with van der Waals surface area (Å²) in [4.78, 5) is 10.8. The van der Waals surface area contributed by atoms with E-state index in [4.69, 9.17) is 9.84 Å². The predicted molar refractivity (Wildman–Crippen MR) is 70.1 cm³/mol. The number of aryl methyl sites for hydroxylation is 1. The summed E-state index contributed by atoms with van der Waals surface area (Å²) in [5.74, 6) is 0.0359. The van der Waals surface area contributed by atoms with Gasteiger partial charge in [-0.3, -0.25) is 4.79 Å². The molecule has 2 rings (SSSR count). The third-order valence-corrected chi connectivity index (χ3v) is 3.24. The van der Waals surface area contributed by atoms with Crippen molar-refractivity contribution >= 4 is 16.9 Å². The van der Waals surface area contributed by atoms with Gasteiger partial charge in [0.05, 0.1) is 19.0 Å². The van der Waals surface area contributed by atoms with Crippen LogP contribution in [0.2, 0.25) is 0 Å². The molecule has 0 amide bonds. The number of aliphatic carboxylic acids is 1. The topological polar surface area (TPSA) is 51.5 Å². The normalized spacial score (nSPS) is 12.6. The molecule has 4 nitrogen and oxygen atoms in total. The molecule has 1 aromatic carbocycles. The SMILES string of the molecule is COc1ccc2c(C(C)CC(=O)O)cn(C)c2c1. The Morgan fingerprint density at radius 3 is 2.83 bits per heavy atom. The summed E-state index contributed by atoms with van der Waals surface area (Å²) in [5.41, 5.74) is 2.12. The molecule has 1 heterocycles. The second-order valence-corrected chi connectivity index (χ2v) is 4.58. The number of hydrogen-bond donors (Lipinski definition) is 1. The van der Waals surface area contributed by atoms with Crippen LogP contribution in [0.4, 0.5) is 0 Å². The van der Waals surface area contributed by atoms with Gasteiger partial charge in [0.2, 0.25) is 0 Å². The van der Waals surface area contributed by atoms with Gasteiger partial charge in [0.1, 0.15) is 5.75 Å². The van der Waals surface area contributed by atoms with E-state index in [1.54, 1.807) is 7.11 Å².